The number of aliphatic hydroxyl groups excluding tert-OH is 1. The van der Waals surface area contributed by atoms with E-state index in [9.17, 15) is 0 Å². The van der Waals surface area contributed by atoms with Gasteiger partial charge in [0.1, 0.15) is 0 Å². The molecule has 0 aromatic heterocycles. The number of nitrogens with two attached hydrogens (primary N) is 1. The molecule has 1 aromatic rings. The minimum absolute atomic E-state index is 0.180. The molecule has 4 heteroatoms. The van der Waals surface area contributed by atoms with Gasteiger partial charge in [0.15, 0.2) is 0 Å². The Morgan fingerprint density at radius 1 is 1.17 bits per heavy atom. The molecule has 0 unspecified atom stereocenters. The van der Waals surface area contributed by atoms with Crippen molar-refractivity contribution in [2.45, 2.75) is 25.8 Å². The van der Waals surface area contributed by atoms with Crippen LogP contribution in [-0.2, 0) is 6.54 Å². The van der Waals surface area contributed by atoms with E-state index < -0.39 is 0 Å². The molecule has 1 rings (SSSR count). The summed E-state index contributed by atoms with van der Waals surface area (Å²) in [4.78, 5) is 2.23. The van der Waals surface area contributed by atoms with E-state index in [1.807, 2.05) is 18.2 Å². The molecule has 0 aliphatic rings. The molecule has 0 bridgehead atoms. The zero-order chi connectivity index (χ0) is 13.2. The zero-order valence-electron chi connectivity index (χ0n) is 10.8. The van der Waals surface area contributed by atoms with Gasteiger partial charge in [-0.05, 0) is 24.9 Å². The highest BCUT2D eigenvalue weighted by Crippen LogP contribution is 2.06. The van der Waals surface area contributed by atoms with Gasteiger partial charge in [0.25, 0.3) is 0 Å². The van der Waals surface area contributed by atoms with Crippen LogP contribution in [-0.4, -0.2) is 35.5 Å². The van der Waals surface area contributed by atoms with E-state index >= 15 is 0 Å². The summed E-state index contributed by atoms with van der Waals surface area (Å²) in [6, 6.07) is 10.3. The van der Waals surface area contributed by atoms with Crippen molar-refractivity contribution < 1.29 is 5.11 Å². The second kappa shape index (κ2) is 8.66. The van der Waals surface area contributed by atoms with Crippen LogP contribution in [0.15, 0.2) is 30.3 Å². The molecule has 0 spiro atoms. The highest BCUT2D eigenvalue weighted by Gasteiger charge is 2.05. The van der Waals surface area contributed by atoms with E-state index in [2.05, 4.69) is 17.0 Å². The maximum atomic E-state index is 9.06. The van der Waals surface area contributed by atoms with Crippen LogP contribution >= 0.6 is 0 Å². The highest BCUT2D eigenvalue weighted by molar-refractivity contribution is 5.76. The minimum atomic E-state index is 0.180. The summed E-state index contributed by atoms with van der Waals surface area (Å²) in [7, 11) is 0. The fourth-order valence-corrected chi connectivity index (χ4v) is 1.90. The fraction of sp³-hybridized carbons (Fsp3) is 0.500. The second-order valence-corrected chi connectivity index (χ2v) is 4.47. The quantitative estimate of drug-likeness (QED) is 0.353. The van der Waals surface area contributed by atoms with Crippen LogP contribution in [0.5, 0.6) is 0 Å². The molecule has 1 aromatic carbocycles. The number of rotatable bonds is 9. The molecule has 0 atom stereocenters. The lowest BCUT2D eigenvalue weighted by Crippen LogP contribution is -2.27. The van der Waals surface area contributed by atoms with Gasteiger partial charge in [0.2, 0.25) is 0 Å². The Kier molecular flexibility index (Phi) is 7.06. The van der Waals surface area contributed by atoms with Crippen LogP contribution in [0.25, 0.3) is 0 Å². The van der Waals surface area contributed by atoms with Crippen LogP contribution in [0, 0.1) is 5.41 Å². The Labute approximate surface area is 109 Å². The zero-order valence-corrected chi connectivity index (χ0v) is 10.8. The second-order valence-electron chi connectivity index (χ2n) is 4.47. The Morgan fingerprint density at radius 2 is 1.89 bits per heavy atom. The van der Waals surface area contributed by atoms with Gasteiger partial charge in [0.05, 0.1) is 12.4 Å². The molecule has 0 aliphatic carbocycles. The molecule has 0 aliphatic heterocycles. The van der Waals surface area contributed by atoms with Crippen molar-refractivity contribution in [1.82, 2.24) is 4.90 Å². The SMILES string of the molecule is N=C(N)CCCCN(CCO)Cc1ccccc1. The van der Waals surface area contributed by atoms with Crippen LogP contribution in [0.4, 0.5) is 0 Å². The van der Waals surface area contributed by atoms with Crippen molar-refractivity contribution in [3.05, 3.63) is 35.9 Å². The summed E-state index contributed by atoms with van der Waals surface area (Å²) in [6.07, 6.45) is 2.61. The Hall–Kier alpha value is -1.39. The van der Waals surface area contributed by atoms with Gasteiger partial charge in [-0.1, -0.05) is 30.3 Å². The standard InChI is InChI=1S/C14H23N3O/c15-14(16)8-4-5-9-17(10-11-18)12-13-6-2-1-3-7-13/h1-3,6-7,18H,4-5,8-12H2,(H3,15,16). The molecule has 4 nitrogen and oxygen atoms in total. The van der Waals surface area contributed by atoms with Gasteiger partial charge in [-0.15, -0.1) is 0 Å². The molecule has 0 fully saturated rings. The molecule has 0 saturated carbocycles. The first-order chi connectivity index (χ1) is 8.72. The van der Waals surface area contributed by atoms with E-state index in [0.717, 1.165) is 25.9 Å². The minimum Gasteiger partial charge on any atom is -0.395 e. The average Bonchev–Trinajstić information content (AvgIpc) is 2.36. The normalized spacial score (nSPS) is 10.8. The summed E-state index contributed by atoms with van der Waals surface area (Å²) >= 11 is 0. The van der Waals surface area contributed by atoms with E-state index in [4.69, 9.17) is 16.2 Å². The van der Waals surface area contributed by atoms with E-state index in [0.29, 0.717) is 13.0 Å². The van der Waals surface area contributed by atoms with Gasteiger partial charge >= 0.3 is 0 Å². The van der Waals surface area contributed by atoms with E-state index in [1.54, 1.807) is 0 Å². The summed E-state index contributed by atoms with van der Waals surface area (Å²) < 4.78 is 0. The summed E-state index contributed by atoms with van der Waals surface area (Å²) in [5.41, 5.74) is 6.58. The summed E-state index contributed by atoms with van der Waals surface area (Å²) in [5.74, 6) is 0.256. The number of hydrogen-bond donors (Lipinski definition) is 3. The predicted molar refractivity (Wildman–Crippen MR) is 74.6 cm³/mol. The highest BCUT2D eigenvalue weighted by atomic mass is 16.3. The third-order valence-corrected chi connectivity index (χ3v) is 2.84. The lowest BCUT2D eigenvalue weighted by atomic mass is 10.2. The topological polar surface area (TPSA) is 73.3 Å². The maximum absolute atomic E-state index is 9.06. The smallest absolute Gasteiger partial charge is 0.0905 e. The van der Waals surface area contributed by atoms with Crippen LogP contribution < -0.4 is 5.73 Å². The van der Waals surface area contributed by atoms with Gasteiger partial charge in [0, 0.05) is 19.5 Å². The lowest BCUT2D eigenvalue weighted by molar-refractivity contribution is 0.188. The van der Waals surface area contributed by atoms with Gasteiger partial charge in [-0.3, -0.25) is 10.3 Å². The van der Waals surface area contributed by atoms with Crippen molar-refractivity contribution in [1.29, 1.82) is 5.41 Å². The third-order valence-electron chi connectivity index (χ3n) is 2.84. The van der Waals surface area contributed by atoms with E-state index in [-0.39, 0.29) is 12.4 Å². The van der Waals surface area contributed by atoms with E-state index in [1.165, 1.54) is 5.56 Å². The third kappa shape index (κ3) is 6.37. The van der Waals surface area contributed by atoms with Gasteiger partial charge in [-0.2, -0.15) is 0 Å². The number of amidine groups is 1. The lowest BCUT2D eigenvalue weighted by Gasteiger charge is -2.21. The van der Waals surface area contributed by atoms with Crippen LogP contribution in [0.1, 0.15) is 24.8 Å². The maximum Gasteiger partial charge on any atom is 0.0905 e. The Balaban J connectivity index is 2.33. The molecule has 4 N–H and O–H groups in total. The summed E-state index contributed by atoms with van der Waals surface area (Å²) in [6.45, 7) is 2.67. The first-order valence-corrected chi connectivity index (χ1v) is 6.42. The molecule has 100 valence electrons. The Morgan fingerprint density at radius 3 is 2.50 bits per heavy atom. The number of unbranched alkanes of at least 4 members (excludes halogenated alkanes) is 1. The first-order valence-electron chi connectivity index (χ1n) is 6.42. The first kappa shape index (κ1) is 14.7. The molecular formula is C14H23N3O. The van der Waals surface area contributed by atoms with Gasteiger partial charge in [-0.25, -0.2) is 0 Å². The largest absolute Gasteiger partial charge is 0.395 e. The monoisotopic (exact) mass is 249 g/mol. The van der Waals surface area contributed by atoms with Crippen LogP contribution in [0.3, 0.4) is 0 Å². The van der Waals surface area contributed by atoms with Crippen molar-refractivity contribution in [2.24, 2.45) is 5.73 Å². The number of nitrogens with one attached hydrogen (secondary N) is 1. The molecule has 0 heterocycles. The molecule has 0 radical (unpaired) electrons. The van der Waals surface area contributed by atoms with Crippen molar-refractivity contribution >= 4 is 5.84 Å². The number of hydrogen-bond acceptors (Lipinski definition) is 3. The predicted octanol–water partition coefficient (Wildman–Crippen LogP) is 1.59. The Bertz CT molecular complexity index is 340. The fourth-order valence-electron chi connectivity index (χ4n) is 1.90. The molecule has 18 heavy (non-hydrogen) atoms. The summed E-state index contributed by atoms with van der Waals surface area (Å²) in [5, 5.41) is 16.2. The average molecular weight is 249 g/mol. The number of aliphatic hydroxyl groups is 1. The van der Waals surface area contributed by atoms with Crippen LogP contribution in [0.2, 0.25) is 0 Å². The van der Waals surface area contributed by atoms with Gasteiger partial charge < -0.3 is 10.8 Å². The number of benzene rings is 1. The van der Waals surface area contributed by atoms with Crippen molar-refractivity contribution in [2.75, 3.05) is 19.7 Å². The van der Waals surface area contributed by atoms with Crippen molar-refractivity contribution in [3.8, 4) is 0 Å². The molecule has 0 amide bonds. The molecular weight excluding hydrogens is 226 g/mol. The number of nitrogens with zero attached hydrogens (tertiary/aromatic N) is 1. The molecule has 0 saturated heterocycles. The van der Waals surface area contributed by atoms with Crippen molar-refractivity contribution in [3.63, 3.8) is 0 Å².